The Kier molecular flexibility index (Phi) is 5.57. The van der Waals surface area contributed by atoms with Gasteiger partial charge in [-0.2, -0.15) is 0 Å². The fourth-order valence-electron chi connectivity index (χ4n) is 3.46. The van der Waals surface area contributed by atoms with Crippen LogP contribution in [0.25, 0.3) is 5.69 Å². The number of hydrogen-bond donors (Lipinski definition) is 0. The van der Waals surface area contributed by atoms with Gasteiger partial charge in [0.2, 0.25) is 0 Å². The third-order valence-electron chi connectivity index (χ3n) is 5.01. The molecule has 29 heavy (non-hydrogen) atoms. The van der Waals surface area contributed by atoms with Crippen molar-refractivity contribution in [1.82, 2.24) is 9.47 Å². The van der Waals surface area contributed by atoms with Gasteiger partial charge in [-0.15, -0.1) is 0 Å². The molecule has 0 fully saturated rings. The molecule has 3 aromatic carbocycles. The number of para-hydroxylation sites is 1. The van der Waals surface area contributed by atoms with Gasteiger partial charge in [-0.05, 0) is 42.3 Å². The van der Waals surface area contributed by atoms with Crippen LogP contribution in [-0.4, -0.2) is 15.4 Å². The molecule has 0 unspecified atom stereocenters. The number of aromatic nitrogens is 1. The van der Waals surface area contributed by atoms with E-state index in [1.807, 2.05) is 76.5 Å². The van der Waals surface area contributed by atoms with E-state index in [1.165, 1.54) is 5.56 Å². The van der Waals surface area contributed by atoms with Gasteiger partial charge in [0, 0.05) is 25.5 Å². The fraction of sp³-hybridized carbons (Fsp3) is 0.115. The van der Waals surface area contributed by atoms with Crippen LogP contribution in [0.15, 0.2) is 103 Å². The highest BCUT2D eigenvalue weighted by Gasteiger charge is 2.20. The quantitative estimate of drug-likeness (QED) is 0.426. The minimum Gasteiger partial charge on any atom is -0.330 e. The maximum Gasteiger partial charge on any atom is 0.256 e. The van der Waals surface area contributed by atoms with Gasteiger partial charge in [-0.1, -0.05) is 72.3 Å². The van der Waals surface area contributed by atoms with Gasteiger partial charge in [0.1, 0.15) is 0 Å². The number of carbonyl (C=O) groups excluding carboxylic acids is 1. The van der Waals surface area contributed by atoms with Gasteiger partial charge in [0.25, 0.3) is 5.91 Å². The molecular formula is C26H24N2O. The van der Waals surface area contributed by atoms with Crippen LogP contribution >= 0.6 is 0 Å². The number of carbonyl (C=O) groups is 1. The summed E-state index contributed by atoms with van der Waals surface area (Å²) < 4.78 is 1.99. The lowest BCUT2D eigenvalue weighted by Crippen LogP contribution is -2.31. The minimum atomic E-state index is 0.0266. The molecule has 4 aromatic rings. The second-order valence-electron chi connectivity index (χ2n) is 7.24. The minimum absolute atomic E-state index is 0.0266. The number of amides is 1. The first-order valence-electron chi connectivity index (χ1n) is 9.82. The zero-order chi connectivity index (χ0) is 20.1. The van der Waals surface area contributed by atoms with E-state index in [0.29, 0.717) is 18.7 Å². The van der Waals surface area contributed by atoms with E-state index in [2.05, 4.69) is 43.3 Å². The fourth-order valence-corrected chi connectivity index (χ4v) is 3.46. The molecule has 0 spiro atoms. The molecule has 144 valence electrons. The van der Waals surface area contributed by atoms with Crippen molar-refractivity contribution in [3.63, 3.8) is 0 Å². The first kappa shape index (κ1) is 18.8. The molecule has 0 bridgehead atoms. The average molecular weight is 380 g/mol. The number of benzene rings is 3. The number of aryl methyl sites for hydroxylation is 1. The first-order valence-corrected chi connectivity index (χ1v) is 9.82. The van der Waals surface area contributed by atoms with E-state index in [0.717, 1.165) is 16.8 Å². The van der Waals surface area contributed by atoms with Crippen molar-refractivity contribution < 1.29 is 4.79 Å². The molecule has 0 atom stereocenters. The highest BCUT2D eigenvalue weighted by Crippen LogP contribution is 2.20. The van der Waals surface area contributed by atoms with Crippen LogP contribution in [0.2, 0.25) is 0 Å². The third-order valence-corrected chi connectivity index (χ3v) is 5.01. The van der Waals surface area contributed by atoms with Crippen molar-refractivity contribution >= 4 is 5.91 Å². The molecule has 1 aromatic heterocycles. The molecule has 0 aliphatic carbocycles. The van der Waals surface area contributed by atoms with E-state index in [4.69, 9.17) is 0 Å². The van der Waals surface area contributed by atoms with Crippen LogP contribution in [0.1, 0.15) is 27.0 Å². The van der Waals surface area contributed by atoms with E-state index in [1.54, 1.807) is 0 Å². The van der Waals surface area contributed by atoms with E-state index in [-0.39, 0.29) is 5.91 Å². The Bertz CT molecular complexity index is 1070. The Hall–Kier alpha value is -3.59. The molecule has 3 heteroatoms. The summed E-state index contributed by atoms with van der Waals surface area (Å²) in [4.78, 5) is 15.6. The first-order chi connectivity index (χ1) is 14.2. The highest BCUT2D eigenvalue weighted by atomic mass is 16.2. The van der Waals surface area contributed by atoms with Gasteiger partial charge in [0.15, 0.2) is 0 Å². The van der Waals surface area contributed by atoms with Crippen LogP contribution in [0.5, 0.6) is 0 Å². The summed E-state index contributed by atoms with van der Waals surface area (Å²) >= 11 is 0. The molecule has 1 heterocycles. The van der Waals surface area contributed by atoms with Gasteiger partial charge >= 0.3 is 0 Å². The second-order valence-corrected chi connectivity index (χ2v) is 7.24. The Morgan fingerprint density at radius 1 is 0.724 bits per heavy atom. The summed E-state index contributed by atoms with van der Waals surface area (Å²) in [6.45, 7) is 3.20. The lowest BCUT2D eigenvalue weighted by molar-refractivity contribution is 0.0730. The summed E-state index contributed by atoms with van der Waals surface area (Å²) in [5.41, 5.74) is 5.05. The average Bonchev–Trinajstić information content (AvgIpc) is 3.30. The van der Waals surface area contributed by atoms with Crippen molar-refractivity contribution in [3.8, 4) is 5.69 Å². The van der Waals surface area contributed by atoms with Gasteiger partial charge in [-0.25, -0.2) is 0 Å². The molecule has 0 N–H and O–H groups in total. The molecular weight excluding hydrogens is 356 g/mol. The molecule has 0 saturated carbocycles. The Morgan fingerprint density at radius 2 is 1.31 bits per heavy atom. The van der Waals surface area contributed by atoms with E-state index >= 15 is 0 Å². The second kappa shape index (κ2) is 8.61. The SMILES string of the molecule is Cc1ccc(CN(Cc2ccccc2)C(=O)c2ccccc2-n2cccc2)cc1. The summed E-state index contributed by atoms with van der Waals surface area (Å²) in [5.74, 6) is 0.0266. The molecule has 0 radical (unpaired) electrons. The summed E-state index contributed by atoms with van der Waals surface area (Å²) in [6, 6.07) is 30.2. The largest absolute Gasteiger partial charge is 0.330 e. The van der Waals surface area contributed by atoms with Crippen molar-refractivity contribution in [2.24, 2.45) is 0 Å². The number of hydrogen-bond acceptors (Lipinski definition) is 1. The number of nitrogens with zero attached hydrogens (tertiary/aromatic N) is 2. The van der Waals surface area contributed by atoms with Gasteiger partial charge < -0.3 is 9.47 Å². The standard InChI is InChI=1S/C26H24N2O/c1-21-13-15-23(16-14-21)20-28(19-22-9-3-2-4-10-22)26(29)24-11-5-6-12-25(24)27-17-7-8-18-27/h2-18H,19-20H2,1H3. The topological polar surface area (TPSA) is 25.2 Å². The van der Waals surface area contributed by atoms with Crippen LogP contribution in [-0.2, 0) is 13.1 Å². The summed E-state index contributed by atoms with van der Waals surface area (Å²) in [5, 5.41) is 0. The maximum atomic E-state index is 13.6. The zero-order valence-corrected chi connectivity index (χ0v) is 16.5. The van der Waals surface area contributed by atoms with E-state index in [9.17, 15) is 4.79 Å². The molecule has 1 amide bonds. The molecule has 3 nitrogen and oxygen atoms in total. The molecule has 0 aliphatic rings. The van der Waals surface area contributed by atoms with Crippen LogP contribution in [0, 0.1) is 6.92 Å². The molecule has 0 aliphatic heterocycles. The van der Waals surface area contributed by atoms with Crippen molar-refractivity contribution in [1.29, 1.82) is 0 Å². The third kappa shape index (κ3) is 4.46. The van der Waals surface area contributed by atoms with Crippen molar-refractivity contribution in [2.45, 2.75) is 20.0 Å². The monoisotopic (exact) mass is 380 g/mol. The van der Waals surface area contributed by atoms with Gasteiger partial charge in [-0.3, -0.25) is 4.79 Å². The van der Waals surface area contributed by atoms with Crippen LogP contribution < -0.4 is 0 Å². The van der Waals surface area contributed by atoms with Crippen LogP contribution in [0.4, 0.5) is 0 Å². The Morgan fingerprint density at radius 3 is 2.00 bits per heavy atom. The summed E-state index contributed by atoms with van der Waals surface area (Å²) in [7, 11) is 0. The van der Waals surface area contributed by atoms with Crippen molar-refractivity contribution in [3.05, 3.63) is 126 Å². The molecule has 0 saturated heterocycles. The highest BCUT2D eigenvalue weighted by molar-refractivity contribution is 5.97. The van der Waals surface area contributed by atoms with Gasteiger partial charge in [0.05, 0.1) is 11.3 Å². The van der Waals surface area contributed by atoms with E-state index < -0.39 is 0 Å². The summed E-state index contributed by atoms with van der Waals surface area (Å²) in [6.07, 6.45) is 3.93. The maximum absolute atomic E-state index is 13.6. The molecule has 4 rings (SSSR count). The Balaban J connectivity index is 1.69. The van der Waals surface area contributed by atoms with Crippen molar-refractivity contribution in [2.75, 3.05) is 0 Å². The Labute approximate surface area is 171 Å². The van der Waals surface area contributed by atoms with Crippen LogP contribution in [0.3, 0.4) is 0 Å². The normalized spacial score (nSPS) is 10.7. The lowest BCUT2D eigenvalue weighted by Gasteiger charge is -2.24. The predicted molar refractivity (Wildman–Crippen MR) is 117 cm³/mol. The lowest BCUT2D eigenvalue weighted by atomic mass is 10.1. The zero-order valence-electron chi connectivity index (χ0n) is 16.5. The number of rotatable bonds is 6. The predicted octanol–water partition coefficient (Wildman–Crippen LogP) is 5.63. The smallest absolute Gasteiger partial charge is 0.256 e.